The van der Waals surface area contributed by atoms with E-state index in [1.54, 1.807) is 50.6 Å². The average Bonchev–Trinajstić information content (AvgIpc) is 2.97. The van der Waals surface area contributed by atoms with Crippen molar-refractivity contribution in [2.45, 2.75) is 0 Å². The van der Waals surface area contributed by atoms with Gasteiger partial charge in [0, 0.05) is 17.0 Å². The van der Waals surface area contributed by atoms with Gasteiger partial charge in [-0.15, -0.1) is 0 Å². The zero-order valence-electron chi connectivity index (χ0n) is 11.8. The van der Waals surface area contributed by atoms with E-state index < -0.39 is 0 Å². The van der Waals surface area contributed by atoms with Crippen molar-refractivity contribution in [3.05, 3.63) is 59.9 Å². The van der Waals surface area contributed by atoms with Crippen LogP contribution in [0.25, 0.3) is 11.0 Å². The second-order valence-corrected chi connectivity index (χ2v) is 4.57. The van der Waals surface area contributed by atoms with Crippen LogP contribution < -0.4 is 9.47 Å². The van der Waals surface area contributed by atoms with Gasteiger partial charge in [0.2, 0.25) is 5.78 Å². The molecule has 0 bridgehead atoms. The Morgan fingerprint density at radius 3 is 2.24 bits per heavy atom. The molecule has 21 heavy (non-hydrogen) atoms. The van der Waals surface area contributed by atoms with Crippen LogP contribution in [-0.4, -0.2) is 20.0 Å². The lowest BCUT2D eigenvalue weighted by Crippen LogP contribution is -1.99. The Morgan fingerprint density at radius 2 is 1.57 bits per heavy atom. The number of methoxy groups -OCH3 is 2. The maximum Gasteiger partial charge on any atom is 0.228 e. The lowest BCUT2D eigenvalue weighted by Gasteiger charge is -2.00. The lowest BCUT2D eigenvalue weighted by atomic mass is 10.1. The number of hydrogen-bond acceptors (Lipinski definition) is 4. The minimum atomic E-state index is -0.159. The second kappa shape index (κ2) is 5.32. The van der Waals surface area contributed by atoms with Crippen molar-refractivity contribution in [1.29, 1.82) is 0 Å². The molecule has 0 aliphatic rings. The number of ketones is 1. The van der Waals surface area contributed by atoms with E-state index in [2.05, 4.69) is 0 Å². The van der Waals surface area contributed by atoms with Gasteiger partial charge in [-0.3, -0.25) is 4.79 Å². The van der Waals surface area contributed by atoms with Gasteiger partial charge in [0.1, 0.15) is 17.1 Å². The largest absolute Gasteiger partial charge is 0.497 e. The van der Waals surface area contributed by atoms with Crippen LogP contribution in [0.5, 0.6) is 11.5 Å². The Labute approximate surface area is 121 Å². The second-order valence-electron chi connectivity index (χ2n) is 4.57. The molecule has 4 heteroatoms. The molecule has 106 valence electrons. The van der Waals surface area contributed by atoms with Crippen molar-refractivity contribution in [3.63, 3.8) is 0 Å². The predicted octanol–water partition coefficient (Wildman–Crippen LogP) is 3.68. The summed E-state index contributed by atoms with van der Waals surface area (Å²) in [5.74, 6) is 1.55. The Bertz CT molecular complexity index is 784. The summed E-state index contributed by atoms with van der Waals surface area (Å²) in [6, 6.07) is 14.1. The minimum absolute atomic E-state index is 0.159. The lowest BCUT2D eigenvalue weighted by molar-refractivity contribution is 0.101. The first kappa shape index (κ1) is 13.2. The summed E-state index contributed by atoms with van der Waals surface area (Å²) < 4.78 is 15.8. The zero-order valence-corrected chi connectivity index (χ0v) is 11.8. The van der Waals surface area contributed by atoms with Crippen LogP contribution in [-0.2, 0) is 0 Å². The van der Waals surface area contributed by atoms with Gasteiger partial charge in [0.05, 0.1) is 14.2 Å². The van der Waals surface area contributed by atoms with Gasteiger partial charge in [0.25, 0.3) is 0 Å². The number of rotatable bonds is 4. The van der Waals surface area contributed by atoms with Gasteiger partial charge in [-0.1, -0.05) is 0 Å². The first-order valence-corrected chi connectivity index (χ1v) is 6.47. The molecule has 1 aromatic heterocycles. The maximum absolute atomic E-state index is 12.4. The highest BCUT2D eigenvalue weighted by Crippen LogP contribution is 2.26. The first-order valence-electron chi connectivity index (χ1n) is 6.47. The van der Waals surface area contributed by atoms with E-state index in [1.807, 2.05) is 12.1 Å². The summed E-state index contributed by atoms with van der Waals surface area (Å²) in [6.07, 6.45) is 0. The molecular weight excluding hydrogens is 268 g/mol. The number of furan rings is 1. The van der Waals surface area contributed by atoms with E-state index in [0.717, 1.165) is 5.39 Å². The van der Waals surface area contributed by atoms with Crippen molar-refractivity contribution in [2.24, 2.45) is 0 Å². The topological polar surface area (TPSA) is 48.7 Å². The van der Waals surface area contributed by atoms with Crippen LogP contribution in [0.15, 0.2) is 52.9 Å². The molecule has 0 radical (unpaired) electrons. The Hall–Kier alpha value is -2.75. The number of ether oxygens (including phenoxy) is 2. The molecule has 0 unspecified atom stereocenters. The molecular formula is C17H14O4. The summed E-state index contributed by atoms with van der Waals surface area (Å²) in [5, 5.41) is 0.868. The zero-order chi connectivity index (χ0) is 14.8. The maximum atomic E-state index is 12.4. The monoisotopic (exact) mass is 282 g/mol. The molecule has 0 saturated carbocycles. The van der Waals surface area contributed by atoms with Crippen LogP contribution in [0, 0.1) is 0 Å². The smallest absolute Gasteiger partial charge is 0.228 e. The molecule has 2 aromatic carbocycles. The van der Waals surface area contributed by atoms with Crippen molar-refractivity contribution >= 4 is 16.8 Å². The summed E-state index contributed by atoms with van der Waals surface area (Å²) in [4.78, 5) is 12.4. The van der Waals surface area contributed by atoms with Gasteiger partial charge < -0.3 is 13.9 Å². The first-order chi connectivity index (χ1) is 10.2. The van der Waals surface area contributed by atoms with E-state index in [4.69, 9.17) is 13.9 Å². The Balaban J connectivity index is 1.96. The number of fused-ring (bicyclic) bond motifs is 1. The molecule has 4 nitrogen and oxygen atoms in total. The van der Waals surface area contributed by atoms with Crippen molar-refractivity contribution in [2.75, 3.05) is 14.2 Å². The Morgan fingerprint density at radius 1 is 0.905 bits per heavy atom. The summed E-state index contributed by atoms with van der Waals surface area (Å²) >= 11 is 0. The molecule has 0 saturated heterocycles. The summed E-state index contributed by atoms with van der Waals surface area (Å²) in [7, 11) is 3.18. The van der Waals surface area contributed by atoms with E-state index in [1.165, 1.54) is 0 Å². The molecule has 0 fully saturated rings. The van der Waals surface area contributed by atoms with E-state index >= 15 is 0 Å². The van der Waals surface area contributed by atoms with Crippen molar-refractivity contribution in [3.8, 4) is 11.5 Å². The Kier molecular flexibility index (Phi) is 3.36. The number of benzene rings is 2. The molecule has 0 aliphatic heterocycles. The molecule has 0 aliphatic carbocycles. The van der Waals surface area contributed by atoms with Gasteiger partial charge in [-0.2, -0.15) is 0 Å². The standard InChI is InChI=1S/C17H14O4/c1-19-13-6-3-11(4-7-13)17(18)16-9-12-5-8-14(20-2)10-15(12)21-16/h3-10H,1-2H3. The van der Waals surface area contributed by atoms with Crippen LogP contribution in [0.3, 0.4) is 0 Å². The third-order valence-electron chi connectivity index (χ3n) is 3.30. The third kappa shape index (κ3) is 2.48. The number of hydrogen-bond donors (Lipinski definition) is 0. The summed E-state index contributed by atoms with van der Waals surface area (Å²) in [6.45, 7) is 0. The number of carbonyl (C=O) groups excluding carboxylic acids is 1. The normalized spacial score (nSPS) is 10.6. The molecule has 0 atom stereocenters. The highest BCUT2D eigenvalue weighted by molar-refractivity contribution is 6.09. The minimum Gasteiger partial charge on any atom is -0.497 e. The SMILES string of the molecule is COc1ccc(C(=O)c2cc3ccc(OC)cc3o2)cc1. The predicted molar refractivity (Wildman–Crippen MR) is 79.2 cm³/mol. The van der Waals surface area contributed by atoms with Crippen LogP contribution in [0.1, 0.15) is 16.1 Å². The molecule has 0 N–H and O–H groups in total. The molecule has 1 heterocycles. The molecule has 0 amide bonds. The number of carbonyl (C=O) groups is 1. The van der Waals surface area contributed by atoms with E-state index in [0.29, 0.717) is 28.4 Å². The fourth-order valence-corrected chi connectivity index (χ4v) is 2.14. The average molecular weight is 282 g/mol. The molecule has 3 rings (SSSR count). The van der Waals surface area contributed by atoms with Gasteiger partial charge in [0.15, 0.2) is 5.76 Å². The van der Waals surface area contributed by atoms with Crippen molar-refractivity contribution < 1.29 is 18.7 Å². The summed E-state index contributed by atoms with van der Waals surface area (Å²) in [5.41, 5.74) is 1.19. The highest BCUT2D eigenvalue weighted by Gasteiger charge is 2.15. The fraction of sp³-hybridized carbons (Fsp3) is 0.118. The van der Waals surface area contributed by atoms with Crippen LogP contribution in [0.4, 0.5) is 0 Å². The van der Waals surface area contributed by atoms with E-state index in [-0.39, 0.29) is 5.78 Å². The van der Waals surface area contributed by atoms with E-state index in [9.17, 15) is 4.79 Å². The van der Waals surface area contributed by atoms with Crippen molar-refractivity contribution in [1.82, 2.24) is 0 Å². The molecule has 3 aromatic rings. The van der Waals surface area contributed by atoms with Gasteiger partial charge in [-0.05, 0) is 42.5 Å². The third-order valence-corrected chi connectivity index (χ3v) is 3.30. The van der Waals surface area contributed by atoms with Crippen LogP contribution in [0.2, 0.25) is 0 Å². The van der Waals surface area contributed by atoms with Gasteiger partial charge >= 0.3 is 0 Å². The van der Waals surface area contributed by atoms with Crippen LogP contribution >= 0.6 is 0 Å². The quantitative estimate of drug-likeness (QED) is 0.685. The highest BCUT2D eigenvalue weighted by atomic mass is 16.5. The fourth-order valence-electron chi connectivity index (χ4n) is 2.14. The molecule has 0 spiro atoms. The van der Waals surface area contributed by atoms with Gasteiger partial charge in [-0.25, -0.2) is 0 Å².